The number of amides is 1. The van der Waals surface area contributed by atoms with E-state index in [4.69, 9.17) is 5.73 Å². The molecule has 0 atom stereocenters. The van der Waals surface area contributed by atoms with E-state index in [1.54, 1.807) is 17.7 Å². The van der Waals surface area contributed by atoms with Crippen molar-refractivity contribution in [3.05, 3.63) is 47.9 Å². The Morgan fingerprint density at radius 2 is 2.03 bits per heavy atom. The van der Waals surface area contributed by atoms with Gasteiger partial charge in [-0.05, 0) is 31.0 Å². The molecule has 1 aromatic carbocycles. The van der Waals surface area contributed by atoms with Gasteiger partial charge in [0.05, 0.1) is 27.7 Å². The van der Waals surface area contributed by atoms with Crippen molar-refractivity contribution in [3.8, 4) is 0 Å². The van der Waals surface area contributed by atoms with Crippen LogP contribution in [-0.2, 0) is 11.3 Å². The molecule has 3 aromatic heterocycles. The van der Waals surface area contributed by atoms with E-state index >= 15 is 0 Å². The fourth-order valence-electron chi connectivity index (χ4n) is 3.78. The minimum absolute atomic E-state index is 0. The molecule has 30 heavy (non-hydrogen) atoms. The first-order valence-corrected chi connectivity index (χ1v) is 10.4. The normalized spacial score (nSPS) is 15.8. The largest absolute Gasteiger partial charge is 0.356 e. The molecule has 1 aliphatic heterocycles. The van der Waals surface area contributed by atoms with Crippen LogP contribution in [0.5, 0.6) is 0 Å². The van der Waals surface area contributed by atoms with Crippen LogP contribution in [0.4, 0.5) is 5.82 Å². The van der Waals surface area contributed by atoms with Crippen LogP contribution in [0.3, 0.4) is 0 Å². The predicted octanol–water partition coefficient (Wildman–Crippen LogP) is 2.60. The first-order valence-electron chi connectivity index (χ1n) is 9.57. The van der Waals surface area contributed by atoms with Crippen molar-refractivity contribution in [1.29, 1.82) is 0 Å². The van der Waals surface area contributed by atoms with Gasteiger partial charge in [-0.15, -0.1) is 23.7 Å². The van der Waals surface area contributed by atoms with E-state index in [-0.39, 0.29) is 18.3 Å². The zero-order valence-electron chi connectivity index (χ0n) is 16.2. The average Bonchev–Trinajstić information content (AvgIpc) is 3.39. The summed E-state index contributed by atoms with van der Waals surface area (Å²) in [6.45, 7) is 1.74. The predicted molar refractivity (Wildman–Crippen MR) is 121 cm³/mol. The number of aromatic amines is 1. The molecule has 0 bridgehead atoms. The number of benzene rings is 1. The van der Waals surface area contributed by atoms with Gasteiger partial charge in [-0.25, -0.2) is 15.0 Å². The number of hydrogen-bond donors (Lipinski definition) is 3. The number of carbonyl (C=O) groups excluding carboxylic acids is 1. The number of rotatable bonds is 4. The SMILES string of the molecule is Cl.NC1(C(=O)NCc2nc3ccccc3s2)CCN(c2ncnc3[nH]ccc23)CC1. The van der Waals surface area contributed by atoms with Crippen molar-refractivity contribution in [2.45, 2.75) is 24.9 Å². The lowest BCUT2D eigenvalue weighted by Gasteiger charge is -2.38. The highest BCUT2D eigenvalue weighted by Gasteiger charge is 2.38. The second-order valence-corrected chi connectivity index (χ2v) is 8.45. The highest BCUT2D eigenvalue weighted by molar-refractivity contribution is 7.18. The van der Waals surface area contributed by atoms with Gasteiger partial charge in [0.1, 0.15) is 22.8 Å². The summed E-state index contributed by atoms with van der Waals surface area (Å²) in [6, 6.07) is 9.94. The van der Waals surface area contributed by atoms with Crippen LogP contribution < -0.4 is 16.0 Å². The van der Waals surface area contributed by atoms with Gasteiger partial charge in [-0.2, -0.15) is 0 Å². The van der Waals surface area contributed by atoms with Crippen LogP contribution in [0.1, 0.15) is 17.8 Å². The van der Waals surface area contributed by atoms with Gasteiger partial charge >= 0.3 is 0 Å². The summed E-state index contributed by atoms with van der Waals surface area (Å²) < 4.78 is 1.12. The third kappa shape index (κ3) is 3.71. The average molecular weight is 444 g/mol. The standard InChI is InChI=1S/C20H21N7OS.ClH/c21-20(19(28)23-11-16-26-14-3-1-2-4-15(14)29-16)6-9-27(10-7-20)18-13-5-8-22-17(13)24-12-25-18;/h1-5,8,12H,6-7,9-11,21H2,(H,23,28)(H,22,24,25);1H. The number of nitrogens with zero attached hydrogens (tertiary/aromatic N) is 4. The number of hydrogen-bond acceptors (Lipinski definition) is 7. The number of nitrogens with two attached hydrogens (primary N) is 1. The molecule has 0 unspecified atom stereocenters. The van der Waals surface area contributed by atoms with E-state index in [0.717, 1.165) is 32.1 Å². The Balaban J connectivity index is 0.00000218. The van der Waals surface area contributed by atoms with Crippen LogP contribution in [0, 0.1) is 0 Å². The number of halogens is 1. The molecule has 156 valence electrons. The Labute approximate surface area is 183 Å². The first kappa shape index (κ1) is 20.5. The van der Waals surface area contributed by atoms with E-state index in [1.165, 1.54) is 0 Å². The summed E-state index contributed by atoms with van der Waals surface area (Å²) in [5.74, 6) is 0.763. The van der Waals surface area contributed by atoms with Crippen LogP contribution in [0.25, 0.3) is 21.3 Å². The molecule has 10 heteroatoms. The summed E-state index contributed by atoms with van der Waals surface area (Å²) in [5.41, 5.74) is 7.37. The highest BCUT2D eigenvalue weighted by Crippen LogP contribution is 2.28. The molecule has 4 aromatic rings. The molecule has 8 nitrogen and oxygen atoms in total. The molecule has 1 fully saturated rings. The summed E-state index contributed by atoms with van der Waals surface area (Å²) in [7, 11) is 0. The number of piperidine rings is 1. The van der Waals surface area contributed by atoms with Crippen molar-refractivity contribution < 1.29 is 4.79 Å². The fraction of sp³-hybridized carbons (Fsp3) is 0.300. The third-order valence-corrected chi connectivity index (χ3v) is 6.52. The molecule has 0 radical (unpaired) electrons. The number of aromatic nitrogens is 4. The monoisotopic (exact) mass is 443 g/mol. The smallest absolute Gasteiger partial charge is 0.240 e. The first-order chi connectivity index (χ1) is 14.1. The van der Waals surface area contributed by atoms with Gasteiger partial charge in [0.15, 0.2) is 0 Å². The molecule has 1 saturated heterocycles. The molecule has 0 saturated carbocycles. The number of para-hydroxylation sites is 1. The number of thiazole rings is 1. The van der Waals surface area contributed by atoms with Crippen molar-refractivity contribution in [2.75, 3.05) is 18.0 Å². The Hall–Kier alpha value is -2.75. The van der Waals surface area contributed by atoms with Gasteiger partial charge in [-0.1, -0.05) is 12.1 Å². The third-order valence-electron chi connectivity index (χ3n) is 5.48. The molecule has 0 spiro atoms. The van der Waals surface area contributed by atoms with Crippen molar-refractivity contribution >= 4 is 56.7 Å². The Bertz CT molecular complexity index is 1150. The van der Waals surface area contributed by atoms with Gasteiger partial charge < -0.3 is 20.9 Å². The second-order valence-electron chi connectivity index (χ2n) is 7.34. The van der Waals surface area contributed by atoms with Gasteiger partial charge in [0.25, 0.3) is 0 Å². The minimum atomic E-state index is -0.878. The van der Waals surface area contributed by atoms with Crippen molar-refractivity contribution in [1.82, 2.24) is 25.3 Å². The maximum atomic E-state index is 12.8. The summed E-state index contributed by atoms with van der Waals surface area (Å²) in [6.07, 6.45) is 4.54. The summed E-state index contributed by atoms with van der Waals surface area (Å²) in [5, 5.41) is 4.85. The molecule has 0 aliphatic carbocycles. The van der Waals surface area contributed by atoms with Crippen molar-refractivity contribution in [2.24, 2.45) is 5.73 Å². The maximum absolute atomic E-state index is 12.8. The Morgan fingerprint density at radius 3 is 2.83 bits per heavy atom. The Morgan fingerprint density at radius 1 is 1.23 bits per heavy atom. The van der Waals surface area contributed by atoms with E-state index in [2.05, 4.69) is 30.2 Å². The summed E-state index contributed by atoms with van der Waals surface area (Å²) in [4.78, 5) is 31.3. The van der Waals surface area contributed by atoms with E-state index in [0.29, 0.717) is 32.5 Å². The fourth-order valence-corrected chi connectivity index (χ4v) is 4.69. The molecule has 5 rings (SSSR count). The lowest BCUT2D eigenvalue weighted by Crippen LogP contribution is -2.59. The van der Waals surface area contributed by atoms with Gasteiger partial charge in [0, 0.05) is 19.3 Å². The van der Waals surface area contributed by atoms with Gasteiger partial charge in [0.2, 0.25) is 5.91 Å². The van der Waals surface area contributed by atoms with Crippen molar-refractivity contribution in [3.63, 3.8) is 0 Å². The van der Waals surface area contributed by atoms with E-state index in [9.17, 15) is 4.79 Å². The highest BCUT2D eigenvalue weighted by atomic mass is 35.5. The van der Waals surface area contributed by atoms with Gasteiger partial charge in [-0.3, -0.25) is 4.79 Å². The maximum Gasteiger partial charge on any atom is 0.240 e. The molecule has 1 amide bonds. The van der Waals surface area contributed by atoms with Crippen LogP contribution >= 0.6 is 23.7 Å². The van der Waals surface area contributed by atoms with Crippen LogP contribution in [0.15, 0.2) is 42.9 Å². The van der Waals surface area contributed by atoms with E-state index < -0.39 is 5.54 Å². The number of fused-ring (bicyclic) bond motifs is 2. The quantitative estimate of drug-likeness (QED) is 0.447. The zero-order chi connectivity index (χ0) is 19.8. The Kier molecular flexibility index (Phi) is 5.59. The molecular weight excluding hydrogens is 422 g/mol. The second kappa shape index (κ2) is 8.17. The molecular formula is C20H22ClN7OS. The minimum Gasteiger partial charge on any atom is -0.356 e. The zero-order valence-corrected chi connectivity index (χ0v) is 17.8. The number of H-pyrrole nitrogens is 1. The number of anilines is 1. The van der Waals surface area contributed by atoms with Crippen LogP contribution in [0.2, 0.25) is 0 Å². The van der Waals surface area contributed by atoms with Crippen LogP contribution in [-0.4, -0.2) is 44.5 Å². The number of nitrogens with one attached hydrogen (secondary N) is 2. The topological polar surface area (TPSA) is 113 Å². The lowest BCUT2D eigenvalue weighted by atomic mass is 9.87. The molecule has 4 N–H and O–H groups in total. The lowest BCUT2D eigenvalue weighted by molar-refractivity contribution is -0.127. The summed E-state index contributed by atoms with van der Waals surface area (Å²) >= 11 is 1.59. The molecule has 1 aliphatic rings. The number of carbonyl (C=O) groups is 1. The van der Waals surface area contributed by atoms with E-state index in [1.807, 2.05) is 36.5 Å². The molecule has 4 heterocycles.